The smallest absolute Gasteiger partial charge is 0.306 e. The molecule has 1 atom stereocenters. The van der Waals surface area contributed by atoms with E-state index in [4.69, 9.17) is 5.11 Å². The average molecular weight is 154 g/mol. The molecule has 0 aliphatic heterocycles. The van der Waals surface area contributed by atoms with Crippen LogP contribution in [0.4, 0.5) is 0 Å². The van der Waals surface area contributed by atoms with Crippen LogP contribution in [0.15, 0.2) is 0 Å². The van der Waals surface area contributed by atoms with Gasteiger partial charge in [-0.25, -0.2) is 0 Å². The van der Waals surface area contributed by atoms with Gasteiger partial charge in [-0.15, -0.1) is 0 Å². The van der Waals surface area contributed by atoms with Crippen molar-refractivity contribution >= 4 is 5.97 Å². The summed E-state index contributed by atoms with van der Waals surface area (Å²) in [4.78, 5) is 10.5. The molecule has 0 saturated heterocycles. The van der Waals surface area contributed by atoms with Gasteiger partial charge in [0.25, 0.3) is 0 Å². The Morgan fingerprint density at radius 3 is 2.45 bits per heavy atom. The molecule has 3 aliphatic rings. The first-order chi connectivity index (χ1) is 5.11. The van der Waals surface area contributed by atoms with Crippen LogP contribution in [0.1, 0.15) is 32.6 Å². The van der Waals surface area contributed by atoms with Gasteiger partial charge >= 0.3 is 5.97 Å². The zero-order chi connectivity index (χ0) is 8.06. The normalized spacial score (nSPS) is 42.1. The number of carbonyl (C=O) groups is 1. The van der Waals surface area contributed by atoms with Crippen molar-refractivity contribution in [2.45, 2.75) is 32.6 Å². The van der Waals surface area contributed by atoms with Crippen LogP contribution < -0.4 is 0 Å². The minimum absolute atomic E-state index is 0.128. The zero-order valence-electron chi connectivity index (χ0n) is 6.84. The highest BCUT2D eigenvalue weighted by Crippen LogP contribution is 2.67. The molecular weight excluding hydrogens is 140 g/mol. The summed E-state index contributed by atoms with van der Waals surface area (Å²) in [6.07, 6.45) is 4.85. The minimum atomic E-state index is -0.630. The molecule has 3 saturated carbocycles. The molecule has 0 spiro atoms. The molecule has 0 radical (unpaired) electrons. The van der Waals surface area contributed by atoms with Crippen LogP contribution in [-0.4, -0.2) is 11.1 Å². The third kappa shape index (κ3) is 0.959. The molecule has 62 valence electrons. The summed E-state index contributed by atoms with van der Waals surface area (Å²) in [5, 5.41) is 8.68. The maximum Gasteiger partial charge on any atom is 0.306 e. The molecule has 3 fully saturated rings. The fraction of sp³-hybridized carbons (Fsp3) is 0.889. The molecule has 3 aliphatic carbocycles. The molecular formula is C9H14O2. The molecule has 3 rings (SSSR count). The van der Waals surface area contributed by atoms with E-state index in [0.29, 0.717) is 5.41 Å². The Labute approximate surface area is 66.6 Å². The lowest BCUT2D eigenvalue weighted by Gasteiger charge is -2.62. The quantitative estimate of drug-likeness (QED) is 0.674. The Morgan fingerprint density at radius 2 is 2.18 bits per heavy atom. The zero-order valence-corrected chi connectivity index (χ0v) is 6.84. The summed E-state index contributed by atoms with van der Waals surface area (Å²) in [5.74, 6) is 0.210. The lowest BCUT2D eigenvalue weighted by Crippen LogP contribution is -2.52. The number of hydrogen-bond acceptors (Lipinski definition) is 1. The summed E-state index contributed by atoms with van der Waals surface area (Å²) in [6.45, 7) is 1.82. The first kappa shape index (κ1) is 7.14. The van der Waals surface area contributed by atoms with Crippen molar-refractivity contribution in [2.24, 2.45) is 17.3 Å². The number of aliphatic carboxylic acids is 1. The lowest BCUT2D eigenvalue weighted by molar-refractivity contribution is -0.153. The Balaban J connectivity index is 1.85. The molecule has 1 N–H and O–H groups in total. The molecule has 0 heterocycles. The second-order valence-corrected chi connectivity index (χ2v) is 4.42. The van der Waals surface area contributed by atoms with Gasteiger partial charge < -0.3 is 5.11 Å². The summed E-state index contributed by atoms with van der Waals surface area (Å²) >= 11 is 0. The van der Waals surface area contributed by atoms with Crippen LogP contribution in [0.25, 0.3) is 0 Å². The topological polar surface area (TPSA) is 37.3 Å². The van der Waals surface area contributed by atoms with Gasteiger partial charge in [-0.2, -0.15) is 0 Å². The van der Waals surface area contributed by atoms with Gasteiger partial charge in [-0.05, 0) is 37.0 Å². The Hall–Kier alpha value is -0.530. The van der Waals surface area contributed by atoms with Gasteiger partial charge in [0.2, 0.25) is 0 Å². The van der Waals surface area contributed by atoms with Gasteiger partial charge in [0.15, 0.2) is 0 Å². The van der Waals surface area contributed by atoms with E-state index in [2.05, 4.69) is 0 Å². The van der Waals surface area contributed by atoms with Crippen LogP contribution in [-0.2, 0) is 4.79 Å². The fourth-order valence-electron chi connectivity index (χ4n) is 2.64. The van der Waals surface area contributed by atoms with E-state index in [0.717, 1.165) is 12.3 Å². The van der Waals surface area contributed by atoms with Crippen molar-refractivity contribution in [1.82, 2.24) is 0 Å². The second-order valence-electron chi connectivity index (χ2n) is 4.42. The third-order valence-corrected chi connectivity index (χ3v) is 3.33. The molecule has 11 heavy (non-hydrogen) atoms. The predicted octanol–water partition coefficient (Wildman–Crippen LogP) is 1.90. The highest BCUT2D eigenvalue weighted by Gasteiger charge is 2.56. The van der Waals surface area contributed by atoms with E-state index < -0.39 is 5.97 Å². The largest absolute Gasteiger partial charge is 0.481 e. The predicted molar refractivity (Wildman–Crippen MR) is 41.2 cm³/mol. The van der Waals surface area contributed by atoms with Crippen LogP contribution in [0, 0.1) is 17.3 Å². The Kier molecular flexibility index (Phi) is 1.29. The Bertz CT molecular complexity index is 181. The molecule has 2 heteroatoms. The summed E-state index contributed by atoms with van der Waals surface area (Å²) in [6, 6.07) is 0. The average Bonchev–Trinajstić information content (AvgIpc) is 1.74. The highest BCUT2D eigenvalue weighted by molar-refractivity contribution is 5.69. The van der Waals surface area contributed by atoms with Gasteiger partial charge in [-0.1, -0.05) is 6.92 Å². The van der Waals surface area contributed by atoms with Crippen LogP contribution in [0.5, 0.6) is 0 Å². The Morgan fingerprint density at radius 1 is 1.64 bits per heavy atom. The highest BCUT2D eigenvalue weighted by atomic mass is 16.4. The summed E-state index contributed by atoms with van der Waals surface area (Å²) in [7, 11) is 0. The number of carboxylic acids is 1. The van der Waals surface area contributed by atoms with Crippen molar-refractivity contribution in [2.75, 3.05) is 0 Å². The minimum Gasteiger partial charge on any atom is -0.481 e. The molecule has 0 aromatic rings. The molecule has 0 unspecified atom stereocenters. The molecule has 0 aromatic heterocycles. The molecule has 0 aromatic carbocycles. The van der Waals surface area contributed by atoms with E-state index in [1.807, 2.05) is 6.92 Å². The maximum atomic E-state index is 10.5. The lowest BCUT2D eigenvalue weighted by atomic mass is 9.42. The van der Waals surface area contributed by atoms with Gasteiger partial charge in [-0.3, -0.25) is 4.79 Å². The van der Waals surface area contributed by atoms with E-state index in [9.17, 15) is 4.79 Å². The van der Waals surface area contributed by atoms with Crippen LogP contribution in [0.2, 0.25) is 0 Å². The van der Waals surface area contributed by atoms with Crippen LogP contribution >= 0.6 is 0 Å². The number of carboxylic acid groups (broad SMARTS) is 1. The third-order valence-electron chi connectivity index (χ3n) is 3.33. The number of hydrogen-bond donors (Lipinski definition) is 1. The standard InChI is InChI=1S/C9H14O2/c1-6(8(10)11)2-9-3-7(4-9)5-9/h6-7H,2-5H2,1H3,(H,10,11)/t6-,7?,9?/m0/s1. The first-order valence-corrected chi connectivity index (χ1v) is 4.34. The van der Waals surface area contributed by atoms with Crippen LogP contribution in [0.3, 0.4) is 0 Å². The fourth-order valence-corrected chi connectivity index (χ4v) is 2.64. The van der Waals surface area contributed by atoms with E-state index in [1.54, 1.807) is 0 Å². The summed E-state index contributed by atoms with van der Waals surface area (Å²) < 4.78 is 0. The van der Waals surface area contributed by atoms with E-state index >= 15 is 0 Å². The second kappa shape index (κ2) is 1.99. The van der Waals surface area contributed by atoms with Crippen molar-refractivity contribution in [3.05, 3.63) is 0 Å². The number of rotatable bonds is 3. The first-order valence-electron chi connectivity index (χ1n) is 4.34. The molecule has 0 amide bonds. The SMILES string of the molecule is C[C@@H](CC12CC(C1)C2)C(=O)O. The molecule has 2 bridgehead atoms. The van der Waals surface area contributed by atoms with Crippen molar-refractivity contribution in [1.29, 1.82) is 0 Å². The van der Waals surface area contributed by atoms with Gasteiger partial charge in [0.05, 0.1) is 5.92 Å². The van der Waals surface area contributed by atoms with Crippen molar-refractivity contribution in [3.63, 3.8) is 0 Å². The van der Waals surface area contributed by atoms with E-state index in [-0.39, 0.29) is 5.92 Å². The molecule has 2 nitrogen and oxygen atoms in total. The van der Waals surface area contributed by atoms with Crippen molar-refractivity contribution in [3.8, 4) is 0 Å². The van der Waals surface area contributed by atoms with Gasteiger partial charge in [0, 0.05) is 0 Å². The summed E-state index contributed by atoms with van der Waals surface area (Å²) in [5.41, 5.74) is 0.489. The monoisotopic (exact) mass is 154 g/mol. The van der Waals surface area contributed by atoms with Crippen molar-refractivity contribution < 1.29 is 9.90 Å². The van der Waals surface area contributed by atoms with E-state index in [1.165, 1.54) is 19.3 Å². The maximum absolute atomic E-state index is 10.5. The van der Waals surface area contributed by atoms with Gasteiger partial charge in [0.1, 0.15) is 0 Å².